The van der Waals surface area contributed by atoms with Gasteiger partial charge < -0.3 is 16.3 Å². The summed E-state index contributed by atoms with van der Waals surface area (Å²) in [5.41, 5.74) is 4.32. The Kier molecular flexibility index (Phi) is 6.77. The molecule has 0 aromatic heterocycles. The second-order valence-electron chi connectivity index (χ2n) is 4.24. The summed E-state index contributed by atoms with van der Waals surface area (Å²) in [7, 11) is -3.38. The van der Waals surface area contributed by atoms with Crippen LogP contribution in [0.4, 0.5) is 0 Å². The van der Waals surface area contributed by atoms with Gasteiger partial charge in [0.2, 0.25) is 15.9 Å². The molecule has 0 saturated carbocycles. The minimum absolute atomic E-state index is 0.0392. The van der Waals surface area contributed by atoms with Crippen LogP contribution >= 0.6 is 0 Å². The summed E-state index contributed by atoms with van der Waals surface area (Å²) in [4.78, 5) is 11.9. The molecule has 0 aliphatic carbocycles. The summed E-state index contributed by atoms with van der Waals surface area (Å²) in [6, 6.07) is 0. The second kappa shape index (κ2) is 7.29. The molecule has 1 atom stereocenters. The van der Waals surface area contributed by atoms with Crippen LogP contribution in [0.3, 0.4) is 0 Å². The zero-order chi connectivity index (χ0) is 15.1. The highest BCUT2D eigenvalue weighted by Gasteiger charge is 2.36. The van der Waals surface area contributed by atoms with E-state index in [4.69, 9.17) is 10.9 Å². The number of sulfonamides is 1. The van der Waals surface area contributed by atoms with Crippen LogP contribution in [0.2, 0.25) is 0 Å². The smallest absolute Gasteiger partial charge is 0.233 e. The van der Waals surface area contributed by atoms with E-state index in [-0.39, 0.29) is 18.1 Å². The quantitative estimate of drug-likeness (QED) is 0.201. The number of carbonyl (C=O) groups excluding carboxylic acids is 1. The van der Waals surface area contributed by atoms with Crippen LogP contribution in [-0.2, 0) is 14.8 Å². The maximum Gasteiger partial charge on any atom is 0.233 e. The van der Waals surface area contributed by atoms with E-state index in [1.807, 2.05) is 0 Å². The molecule has 19 heavy (non-hydrogen) atoms. The monoisotopic (exact) mass is 294 g/mol. The largest absolute Gasteiger partial charge is 0.409 e. The summed E-state index contributed by atoms with van der Waals surface area (Å²) >= 11 is 0. The van der Waals surface area contributed by atoms with Gasteiger partial charge in [0.25, 0.3) is 0 Å². The molecule has 8 nitrogen and oxygen atoms in total. The number of hydrogen-bond acceptors (Lipinski definition) is 5. The number of rotatable bonds is 8. The lowest BCUT2D eigenvalue weighted by molar-refractivity contribution is -0.127. The zero-order valence-corrected chi connectivity index (χ0v) is 12.2. The lowest BCUT2D eigenvalue weighted by Crippen LogP contribution is -2.48. The minimum atomic E-state index is -3.38. The number of nitrogens with two attached hydrogens (primary N) is 1. The molecule has 0 saturated heterocycles. The van der Waals surface area contributed by atoms with Crippen LogP contribution < -0.4 is 15.8 Å². The summed E-state index contributed by atoms with van der Waals surface area (Å²) in [6.07, 6.45) is 0.328. The predicted octanol–water partition coefficient (Wildman–Crippen LogP) is -0.795. The summed E-state index contributed by atoms with van der Waals surface area (Å²) < 4.78 is 25.1. The van der Waals surface area contributed by atoms with Crippen molar-refractivity contribution >= 4 is 21.8 Å². The Balaban J connectivity index is 4.55. The number of oxime groups is 1. The highest BCUT2D eigenvalue weighted by Crippen LogP contribution is 2.21. The predicted molar refractivity (Wildman–Crippen MR) is 72.3 cm³/mol. The van der Waals surface area contributed by atoms with Crippen molar-refractivity contribution in [1.82, 2.24) is 10.0 Å². The van der Waals surface area contributed by atoms with E-state index in [0.717, 1.165) is 0 Å². The van der Waals surface area contributed by atoms with Crippen molar-refractivity contribution < 1.29 is 18.4 Å². The number of amides is 1. The van der Waals surface area contributed by atoms with Crippen molar-refractivity contribution in [3.05, 3.63) is 0 Å². The van der Waals surface area contributed by atoms with Crippen LogP contribution in [0.1, 0.15) is 27.2 Å². The molecule has 0 aliphatic rings. The van der Waals surface area contributed by atoms with Gasteiger partial charge in [-0.15, -0.1) is 0 Å². The fourth-order valence-corrected chi connectivity index (χ4v) is 2.31. The van der Waals surface area contributed by atoms with Gasteiger partial charge in [-0.25, -0.2) is 13.1 Å². The van der Waals surface area contributed by atoms with Crippen LogP contribution in [-0.4, -0.2) is 44.2 Å². The van der Waals surface area contributed by atoms with E-state index in [2.05, 4.69) is 15.2 Å². The molecule has 1 amide bonds. The van der Waals surface area contributed by atoms with Crippen LogP contribution in [0.25, 0.3) is 0 Å². The maximum atomic E-state index is 11.9. The van der Waals surface area contributed by atoms with E-state index in [9.17, 15) is 13.2 Å². The molecule has 1 unspecified atom stereocenters. The number of amidine groups is 1. The summed E-state index contributed by atoms with van der Waals surface area (Å²) in [5.74, 6) is -0.901. The lowest BCUT2D eigenvalue weighted by atomic mass is 9.85. The standard InChI is InChI=1S/C10H22N4O4S/c1-4-10(3,8(11)14-16)9(15)12-6-7-19(17,18)13-5-2/h13,16H,4-7H2,1-3H3,(H2,11,14)(H,12,15). The van der Waals surface area contributed by atoms with Gasteiger partial charge in [0.1, 0.15) is 5.41 Å². The Bertz CT molecular complexity index is 435. The molecule has 0 aromatic rings. The van der Waals surface area contributed by atoms with Crippen molar-refractivity contribution in [2.45, 2.75) is 27.2 Å². The Morgan fingerprint density at radius 2 is 2.00 bits per heavy atom. The number of nitrogens with zero attached hydrogens (tertiary/aromatic N) is 1. The fraction of sp³-hybridized carbons (Fsp3) is 0.800. The molecule has 0 spiro atoms. The van der Waals surface area contributed by atoms with Gasteiger partial charge in [0.05, 0.1) is 5.75 Å². The van der Waals surface area contributed by atoms with Crippen LogP contribution in [0.5, 0.6) is 0 Å². The molecule has 0 heterocycles. The van der Waals surface area contributed by atoms with Crippen molar-refractivity contribution in [2.24, 2.45) is 16.3 Å². The zero-order valence-electron chi connectivity index (χ0n) is 11.4. The van der Waals surface area contributed by atoms with Gasteiger partial charge >= 0.3 is 0 Å². The minimum Gasteiger partial charge on any atom is -0.409 e. The fourth-order valence-electron chi connectivity index (χ4n) is 1.35. The van der Waals surface area contributed by atoms with Gasteiger partial charge in [-0.2, -0.15) is 0 Å². The molecule has 0 rings (SSSR count). The molecule has 0 radical (unpaired) electrons. The maximum absolute atomic E-state index is 11.9. The van der Waals surface area contributed by atoms with Gasteiger partial charge in [-0.3, -0.25) is 4.79 Å². The molecular weight excluding hydrogens is 272 g/mol. The normalized spacial score (nSPS) is 15.8. The van der Waals surface area contributed by atoms with Gasteiger partial charge in [-0.05, 0) is 13.3 Å². The number of hydrogen-bond donors (Lipinski definition) is 4. The second-order valence-corrected chi connectivity index (χ2v) is 6.17. The molecule has 0 aromatic carbocycles. The van der Waals surface area contributed by atoms with E-state index >= 15 is 0 Å². The Morgan fingerprint density at radius 3 is 2.42 bits per heavy atom. The first-order valence-electron chi connectivity index (χ1n) is 5.97. The summed E-state index contributed by atoms with van der Waals surface area (Å²) in [6.45, 7) is 5.17. The third kappa shape index (κ3) is 5.03. The highest BCUT2D eigenvalue weighted by molar-refractivity contribution is 7.89. The third-order valence-corrected chi connectivity index (χ3v) is 4.37. The van der Waals surface area contributed by atoms with E-state index in [1.165, 1.54) is 6.92 Å². The molecule has 112 valence electrons. The Hall–Kier alpha value is -1.35. The van der Waals surface area contributed by atoms with Crippen molar-refractivity contribution in [2.75, 3.05) is 18.8 Å². The molecule has 9 heteroatoms. The Morgan fingerprint density at radius 1 is 1.42 bits per heavy atom. The average Bonchev–Trinajstić information content (AvgIpc) is 2.36. The van der Waals surface area contributed by atoms with Crippen molar-refractivity contribution in [3.63, 3.8) is 0 Å². The topological polar surface area (TPSA) is 134 Å². The lowest BCUT2D eigenvalue weighted by Gasteiger charge is -2.25. The van der Waals surface area contributed by atoms with Crippen molar-refractivity contribution in [3.8, 4) is 0 Å². The SMILES string of the molecule is CCNS(=O)(=O)CCNC(=O)C(C)(CC)C(N)=NO. The highest BCUT2D eigenvalue weighted by atomic mass is 32.2. The third-order valence-electron chi connectivity index (χ3n) is 2.90. The first-order valence-corrected chi connectivity index (χ1v) is 7.62. The summed E-state index contributed by atoms with van der Waals surface area (Å²) in [5, 5.41) is 14.0. The van der Waals surface area contributed by atoms with Crippen LogP contribution in [0.15, 0.2) is 5.16 Å². The Labute approximate surface area is 113 Å². The average molecular weight is 294 g/mol. The molecule has 0 aliphatic heterocycles. The van der Waals surface area contributed by atoms with Gasteiger partial charge in [0.15, 0.2) is 5.84 Å². The molecular formula is C10H22N4O4S. The van der Waals surface area contributed by atoms with E-state index < -0.39 is 21.3 Å². The first-order chi connectivity index (χ1) is 8.73. The molecule has 0 fully saturated rings. The van der Waals surface area contributed by atoms with E-state index in [1.54, 1.807) is 13.8 Å². The van der Waals surface area contributed by atoms with Crippen molar-refractivity contribution in [1.29, 1.82) is 0 Å². The van der Waals surface area contributed by atoms with E-state index in [0.29, 0.717) is 13.0 Å². The molecule has 0 bridgehead atoms. The van der Waals surface area contributed by atoms with Crippen LogP contribution in [0, 0.1) is 5.41 Å². The first kappa shape index (κ1) is 17.6. The number of carbonyl (C=O) groups is 1. The van der Waals surface area contributed by atoms with Gasteiger partial charge in [-0.1, -0.05) is 19.0 Å². The number of nitrogens with one attached hydrogen (secondary N) is 2. The van der Waals surface area contributed by atoms with Gasteiger partial charge in [0, 0.05) is 13.1 Å². The molecule has 5 N–H and O–H groups in total.